The van der Waals surface area contributed by atoms with Crippen LogP contribution in [0.4, 0.5) is 0 Å². The Hall–Kier alpha value is -0.720. The van der Waals surface area contributed by atoms with Crippen LogP contribution >= 0.6 is 0 Å². The van der Waals surface area contributed by atoms with Gasteiger partial charge in [-0.2, -0.15) is 0 Å². The van der Waals surface area contributed by atoms with Crippen LogP contribution in [0.5, 0.6) is 0 Å². The minimum absolute atomic E-state index is 0.0745. The van der Waals surface area contributed by atoms with Gasteiger partial charge in [-0.1, -0.05) is 25.5 Å². The molecule has 0 radical (unpaired) electrons. The van der Waals surface area contributed by atoms with Gasteiger partial charge >= 0.3 is 0 Å². The maximum atomic E-state index is 12.2. The molecule has 0 saturated heterocycles. The minimum Gasteiger partial charge on any atom is -0.726 e. The fourth-order valence-electron chi connectivity index (χ4n) is 7.54. The van der Waals surface area contributed by atoms with Gasteiger partial charge < -0.3 is 4.55 Å². The molecule has 4 rings (SSSR count). The quantitative estimate of drug-likeness (QED) is 0.410. The monoisotopic (exact) mass is 395 g/mol. The van der Waals surface area contributed by atoms with Gasteiger partial charge in [0.15, 0.2) is 0 Å². The average molecular weight is 396 g/mol. The summed E-state index contributed by atoms with van der Waals surface area (Å²) in [4.78, 5) is 12.2. The lowest BCUT2D eigenvalue weighted by molar-refractivity contribution is -0.127. The number of allylic oxidation sites excluding steroid dienone is 1. The number of fused-ring (bicyclic) bond motifs is 5. The highest BCUT2D eigenvalue weighted by atomic mass is 32.3. The summed E-state index contributed by atoms with van der Waals surface area (Å²) in [5, 5.41) is 0. The molecule has 3 saturated carbocycles. The van der Waals surface area contributed by atoms with Crippen LogP contribution in [0.1, 0.15) is 72.1 Å². The zero-order valence-electron chi connectivity index (χ0n) is 16.6. The first-order chi connectivity index (χ1) is 12.5. The first-order valence-corrected chi connectivity index (χ1v) is 11.7. The molecule has 0 aromatic carbocycles. The van der Waals surface area contributed by atoms with E-state index >= 15 is 0 Å². The molecule has 0 amide bonds. The third-order valence-corrected chi connectivity index (χ3v) is 9.31. The summed E-state index contributed by atoms with van der Waals surface area (Å²) >= 11 is 0. The number of carbonyl (C=O) groups excluding carboxylic acids is 1. The summed E-state index contributed by atoms with van der Waals surface area (Å²) in [6.45, 7) is 6.44. The lowest BCUT2D eigenvalue weighted by atomic mass is 9.47. The Labute approximate surface area is 162 Å². The van der Waals surface area contributed by atoms with Crippen LogP contribution in [0, 0.1) is 34.5 Å². The highest BCUT2D eigenvalue weighted by molar-refractivity contribution is 7.80. The van der Waals surface area contributed by atoms with Crippen molar-refractivity contribution in [3.05, 3.63) is 11.6 Å². The molecule has 6 heteroatoms. The molecule has 0 unspecified atom stereocenters. The molecule has 0 bridgehead atoms. The Morgan fingerprint density at radius 1 is 1.15 bits per heavy atom. The maximum absolute atomic E-state index is 12.2. The Balaban J connectivity index is 1.58. The third-order valence-electron chi connectivity index (χ3n) is 8.80. The molecule has 0 aliphatic heterocycles. The highest BCUT2D eigenvalue weighted by Crippen LogP contribution is 2.66. The van der Waals surface area contributed by atoms with E-state index in [0.717, 1.165) is 38.5 Å². The summed E-state index contributed by atoms with van der Waals surface area (Å²) in [6.07, 6.45) is 9.30. The maximum Gasteiger partial charge on any atom is 0.217 e. The van der Waals surface area contributed by atoms with E-state index in [1.807, 2.05) is 0 Å². The van der Waals surface area contributed by atoms with Gasteiger partial charge in [0.1, 0.15) is 5.78 Å². The fraction of sp³-hybridized carbons (Fsp3) is 0.857. The zero-order chi connectivity index (χ0) is 19.6. The SMILES string of the molecule is CC(=O)[C@H]1CC[C@H]2[C@@H]3CC=C4C[C@@H](OS(=O)(=O)[O-])CC[C@]4(C)[C@H]3CC[C@]12C. The van der Waals surface area contributed by atoms with Gasteiger partial charge in [0.2, 0.25) is 10.4 Å². The van der Waals surface area contributed by atoms with Gasteiger partial charge in [-0.05, 0) is 86.9 Å². The summed E-state index contributed by atoms with van der Waals surface area (Å²) in [6, 6.07) is 0. The number of Topliss-reactive ketones (excluding diaryl/α,β-unsaturated/α-hetero) is 1. The summed E-state index contributed by atoms with van der Waals surface area (Å²) in [5.41, 5.74) is 1.50. The van der Waals surface area contributed by atoms with Crippen molar-refractivity contribution >= 4 is 16.2 Å². The second kappa shape index (κ2) is 6.39. The van der Waals surface area contributed by atoms with E-state index in [4.69, 9.17) is 4.18 Å². The number of hydrogen-bond acceptors (Lipinski definition) is 5. The van der Waals surface area contributed by atoms with Crippen molar-refractivity contribution in [2.24, 2.45) is 34.5 Å². The van der Waals surface area contributed by atoms with Crippen molar-refractivity contribution in [3.63, 3.8) is 0 Å². The summed E-state index contributed by atoms with van der Waals surface area (Å²) in [7, 11) is -4.65. The van der Waals surface area contributed by atoms with Crippen LogP contribution < -0.4 is 0 Å². The second-order valence-corrected chi connectivity index (χ2v) is 10.9. The van der Waals surface area contributed by atoms with Gasteiger partial charge in [-0.25, -0.2) is 8.42 Å². The highest BCUT2D eigenvalue weighted by Gasteiger charge is 2.59. The molecule has 0 heterocycles. The molecule has 5 nitrogen and oxygen atoms in total. The molecule has 27 heavy (non-hydrogen) atoms. The van der Waals surface area contributed by atoms with Gasteiger partial charge in [0, 0.05) is 5.92 Å². The van der Waals surface area contributed by atoms with Crippen molar-refractivity contribution in [2.75, 3.05) is 0 Å². The number of ketones is 1. The lowest BCUT2D eigenvalue weighted by Crippen LogP contribution is -2.51. The van der Waals surface area contributed by atoms with E-state index in [-0.39, 0.29) is 16.7 Å². The summed E-state index contributed by atoms with van der Waals surface area (Å²) in [5.74, 6) is 2.38. The number of hydrogen-bond donors (Lipinski definition) is 0. The van der Waals surface area contributed by atoms with Crippen molar-refractivity contribution < 1.29 is 21.9 Å². The molecule has 4 aliphatic carbocycles. The third kappa shape index (κ3) is 3.12. The zero-order valence-corrected chi connectivity index (χ0v) is 17.4. The van der Waals surface area contributed by atoms with Crippen LogP contribution in [0.2, 0.25) is 0 Å². The predicted octanol–water partition coefficient (Wildman–Crippen LogP) is 4.00. The second-order valence-electron chi connectivity index (χ2n) is 9.91. The van der Waals surface area contributed by atoms with Crippen LogP contribution in [-0.4, -0.2) is 24.9 Å². The smallest absolute Gasteiger partial charge is 0.217 e. The molecule has 3 fully saturated rings. The molecule has 0 aromatic rings. The largest absolute Gasteiger partial charge is 0.726 e. The number of carbonyl (C=O) groups is 1. The van der Waals surface area contributed by atoms with Crippen LogP contribution in [0.25, 0.3) is 0 Å². The van der Waals surface area contributed by atoms with Gasteiger partial charge in [0.25, 0.3) is 0 Å². The van der Waals surface area contributed by atoms with Crippen molar-refractivity contribution in [2.45, 2.75) is 78.2 Å². The normalized spacial score (nSPS) is 46.8. The Morgan fingerprint density at radius 2 is 1.89 bits per heavy atom. The first-order valence-electron chi connectivity index (χ1n) is 10.4. The molecule has 4 aliphatic rings. The summed E-state index contributed by atoms with van der Waals surface area (Å²) < 4.78 is 37.7. The Kier molecular flexibility index (Phi) is 4.64. The molecule has 0 spiro atoms. The van der Waals surface area contributed by atoms with Crippen molar-refractivity contribution in [1.29, 1.82) is 0 Å². The molecule has 0 N–H and O–H groups in total. The molecule has 7 atom stereocenters. The van der Waals surface area contributed by atoms with Gasteiger partial charge in [-0.3, -0.25) is 8.98 Å². The van der Waals surface area contributed by atoms with E-state index < -0.39 is 16.5 Å². The van der Waals surface area contributed by atoms with Crippen LogP contribution in [0.15, 0.2) is 11.6 Å². The molecule has 0 aromatic heterocycles. The molecular formula is C21H31O5S-. The van der Waals surface area contributed by atoms with Gasteiger partial charge in [0.05, 0.1) is 6.10 Å². The standard InChI is InChI=1S/C21H32O5S/c1-13(22)17-6-7-18-16-5-4-14-12-15(26-27(23,24)25)8-10-20(14,2)19(16)9-11-21(17,18)3/h4,15-19H,5-12H2,1-3H3,(H,23,24,25)/p-1/t15-,16-,17+,18-,19-,20-,21+/m0/s1. The van der Waals surface area contributed by atoms with E-state index in [2.05, 4.69) is 19.9 Å². The van der Waals surface area contributed by atoms with Crippen LogP contribution in [0.3, 0.4) is 0 Å². The average Bonchev–Trinajstić information content (AvgIpc) is 2.91. The van der Waals surface area contributed by atoms with E-state index in [9.17, 15) is 17.8 Å². The van der Waals surface area contributed by atoms with Crippen molar-refractivity contribution in [3.8, 4) is 0 Å². The van der Waals surface area contributed by atoms with E-state index in [1.165, 1.54) is 5.57 Å². The topological polar surface area (TPSA) is 83.5 Å². The minimum atomic E-state index is -4.65. The van der Waals surface area contributed by atoms with Crippen LogP contribution in [-0.2, 0) is 19.4 Å². The Bertz CT molecular complexity index is 771. The van der Waals surface area contributed by atoms with E-state index in [1.54, 1.807) is 6.92 Å². The predicted molar refractivity (Wildman–Crippen MR) is 100 cm³/mol. The first kappa shape index (κ1) is 19.6. The Morgan fingerprint density at radius 3 is 2.56 bits per heavy atom. The van der Waals surface area contributed by atoms with Gasteiger partial charge in [-0.15, -0.1) is 0 Å². The number of rotatable bonds is 3. The lowest BCUT2D eigenvalue weighted by Gasteiger charge is -2.58. The molecule has 152 valence electrons. The van der Waals surface area contributed by atoms with Crippen molar-refractivity contribution in [1.82, 2.24) is 0 Å². The molecular weight excluding hydrogens is 364 g/mol. The van der Waals surface area contributed by atoms with E-state index in [0.29, 0.717) is 36.4 Å². The fourth-order valence-corrected chi connectivity index (χ4v) is 8.04.